The predicted octanol–water partition coefficient (Wildman–Crippen LogP) is 4.74. The molecule has 1 amide bonds. The van der Waals surface area contributed by atoms with Crippen molar-refractivity contribution >= 4 is 16.7 Å². The van der Waals surface area contributed by atoms with Gasteiger partial charge in [0.25, 0.3) is 5.91 Å². The number of carbonyl (C=O) groups is 1. The van der Waals surface area contributed by atoms with Gasteiger partial charge in [-0.25, -0.2) is 0 Å². The van der Waals surface area contributed by atoms with Gasteiger partial charge in [0.05, 0.1) is 12.7 Å². The molecule has 0 bridgehead atoms. The van der Waals surface area contributed by atoms with E-state index in [9.17, 15) is 4.79 Å². The Morgan fingerprint density at radius 3 is 2.32 bits per heavy atom. The summed E-state index contributed by atoms with van der Waals surface area (Å²) in [5, 5.41) is 2.10. The number of nitrogens with zero attached hydrogens (tertiary/aromatic N) is 1. The summed E-state index contributed by atoms with van der Waals surface area (Å²) in [5.41, 5.74) is 4.17. The lowest BCUT2D eigenvalue weighted by Crippen LogP contribution is -2.27. The molecule has 3 nitrogen and oxygen atoms in total. The maximum atomic E-state index is 13.0. The van der Waals surface area contributed by atoms with Crippen molar-refractivity contribution in [2.24, 2.45) is 0 Å². The second-order valence-corrected chi connectivity index (χ2v) is 6.49. The summed E-state index contributed by atoms with van der Waals surface area (Å²) < 4.78 is 5.47. The predicted molar refractivity (Wildman–Crippen MR) is 102 cm³/mol. The summed E-state index contributed by atoms with van der Waals surface area (Å²) in [7, 11) is 3.43. The number of fused-ring (bicyclic) bond motifs is 1. The van der Waals surface area contributed by atoms with Gasteiger partial charge >= 0.3 is 0 Å². The molecular formula is C22H23NO2. The number of amides is 1. The molecule has 0 spiro atoms. The molecule has 0 aromatic heterocycles. The third-order valence-corrected chi connectivity index (χ3v) is 4.55. The Kier molecular flexibility index (Phi) is 4.75. The van der Waals surface area contributed by atoms with Crippen LogP contribution in [0.5, 0.6) is 5.75 Å². The average Bonchev–Trinajstić information content (AvgIpc) is 2.62. The Morgan fingerprint density at radius 1 is 1.00 bits per heavy atom. The van der Waals surface area contributed by atoms with Crippen molar-refractivity contribution in [2.45, 2.75) is 20.4 Å². The molecule has 3 aromatic rings. The van der Waals surface area contributed by atoms with E-state index in [-0.39, 0.29) is 5.91 Å². The van der Waals surface area contributed by atoms with E-state index >= 15 is 0 Å². The normalized spacial score (nSPS) is 10.7. The molecule has 0 saturated carbocycles. The molecular weight excluding hydrogens is 310 g/mol. The van der Waals surface area contributed by atoms with Crippen LogP contribution in [0, 0.1) is 13.8 Å². The highest BCUT2D eigenvalue weighted by Crippen LogP contribution is 2.27. The molecule has 0 unspecified atom stereocenters. The van der Waals surface area contributed by atoms with E-state index in [1.807, 2.05) is 43.4 Å². The van der Waals surface area contributed by atoms with E-state index in [2.05, 4.69) is 32.0 Å². The molecule has 128 valence electrons. The van der Waals surface area contributed by atoms with Gasteiger partial charge in [0.1, 0.15) is 5.75 Å². The van der Waals surface area contributed by atoms with Crippen molar-refractivity contribution in [3.63, 3.8) is 0 Å². The highest BCUT2D eigenvalue weighted by Gasteiger charge is 2.18. The number of rotatable bonds is 4. The first-order valence-corrected chi connectivity index (χ1v) is 8.38. The van der Waals surface area contributed by atoms with Gasteiger partial charge in [0.15, 0.2) is 0 Å². The van der Waals surface area contributed by atoms with Gasteiger partial charge in [0.2, 0.25) is 0 Å². The lowest BCUT2D eigenvalue weighted by atomic mass is 10.0. The lowest BCUT2D eigenvalue weighted by molar-refractivity contribution is 0.0781. The van der Waals surface area contributed by atoms with Gasteiger partial charge < -0.3 is 9.64 Å². The van der Waals surface area contributed by atoms with E-state index in [0.29, 0.717) is 17.9 Å². The molecule has 0 saturated heterocycles. The van der Waals surface area contributed by atoms with Crippen molar-refractivity contribution in [2.75, 3.05) is 14.2 Å². The zero-order chi connectivity index (χ0) is 18.0. The maximum Gasteiger partial charge on any atom is 0.257 e. The zero-order valence-electron chi connectivity index (χ0n) is 15.2. The van der Waals surface area contributed by atoms with E-state index in [0.717, 1.165) is 16.3 Å². The van der Waals surface area contributed by atoms with Gasteiger partial charge in [-0.05, 0) is 47.9 Å². The molecule has 0 radical (unpaired) electrons. The Balaban J connectivity index is 1.92. The van der Waals surface area contributed by atoms with Crippen LogP contribution in [0.1, 0.15) is 27.0 Å². The first-order valence-electron chi connectivity index (χ1n) is 8.38. The molecule has 0 fully saturated rings. The van der Waals surface area contributed by atoms with E-state index < -0.39 is 0 Å². The summed E-state index contributed by atoms with van der Waals surface area (Å²) in [5.74, 6) is 0.568. The van der Waals surface area contributed by atoms with Gasteiger partial charge in [0, 0.05) is 13.6 Å². The molecule has 0 aliphatic heterocycles. The van der Waals surface area contributed by atoms with Crippen molar-refractivity contribution < 1.29 is 9.53 Å². The van der Waals surface area contributed by atoms with Crippen LogP contribution >= 0.6 is 0 Å². The van der Waals surface area contributed by atoms with Crippen LogP contribution in [0.2, 0.25) is 0 Å². The largest absolute Gasteiger partial charge is 0.496 e. The number of benzene rings is 3. The fourth-order valence-corrected chi connectivity index (χ4v) is 3.11. The number of hydrogen-bond acceptors (Lipinski definition) is 2. The lowest BCUT2D eigenvalue weighted by Gasteiger charge is -2.20. The second kappa shape index (κ2) is 6.98. The van der Waals surface area contributed by atoms with Crippen LogP contribution in [0.25, 0.3) is 10.8 Å². The highest BCUT2D eigenvalue weighted by atomic mass is 16.5. The fraction of sp³-hybridized carbons (Fsp3) is 0.227. The van der Waals surface area contributed by atoms with Gasteiger partial charge in [-0.2, -0.15) is 0 Å². The zero-order valence-corrected chi connectivity index (χ0v) is 15.2. The van der Waals surface area contributed by atoms with E-state index in [4.69, 9.17) is 4.74 Å². The first-order chi connectivity index (χ1) is 12.0. The molecule has 3 heteroatoms. The summed E-state index contributed by atoms with van der Waals surface area (Å²) in [4.78, 5) is 14.7. The number of aryl methyl sites for hydroxylation is 2. The fourth-order valence-electron chi connectivity index (χ4n) is 3.11. The number of hydrogen-bond donors (Lipinski definition) is 0. The Labute approximate surface area is 148 Å². The number of carbonyl (C=O) groups excluding carboxylic acids is 1. The molecule has 0 atom stereocenters. The standard InChI is InChI=1S/C22H23NO2/c1-15-9-10-19(16(2)11-15)14-23(3)22(24)20-12-17-7-5-6-8-18(17)13-21(20)25-4/h5-13H,14H2,1-4H3. The molecule has 3 aromatic carbocycles. The molecule has 3 rings (SSSR count). The summed E-state index contributed by atoms with van der Waals surface area (Å²) in [6, 6.07) is 18.1. The minimum absolute atomic E-state index is 0.0393. The van der Waals surface area contributed by atoms with Crippen LogP contribution in [-0.2, 0) is 6.54 Å². The van der Waals surface area contributed by atoms with E-state index in [1.165, 1.54) is 11.1 Å². The first kappa shape index (κ1) is 17.0. The quantitative estimate of drug-likeness (QED) is 0.690. The minimum Gasteiger partial charge on any atom is -0.496 e. The Hall–Kier alpha value is -2.81. The third kappa shape index (κ3) is 3.50. The van der Waals surface area contributed by atoms with Crippen molar-refractivity contribution in [3.8, 4) is 5.75 Å². The second-order valence-electron chi connectivity index (χ2n) is 6.49. The molecule has 0 aliphatic carbocycles. The van der Waals surface area contributed by atoms with Crippen LogP contribution in [-0.4, -0.2) is 25.0 Å². The smallest absolute Gasteiger partial charge is 0.257 e. The monoisotopic (exact) mass is 333 g/mol. The van der Waals surface area contributed by atoms with Gasteiger partial charge in [-0.1, -0.05) is 48.0 Å². The Bertz CT molecular complexity index is 930. The Morgan fingerprint density at radius 2 is 1.68 bits per heavy atom. The van der Waals surface area contributed by atoms with Gasteiger partial charge in [-0.3, -0.25) is 4.79 Å². The molecule has 0 heterocycles. The summed E-state index contributed by atoms with van der Waals surface area (Å²) in [6.07, 6.45) is 0. The molecule has 0 aliphatic rings. The van der Waals surface area contributed by atoms with Crippen molar-refractivity contribution in [3.05, 3.63) is 76.9 Å². The number of methoxy groups -OCH3 is 1. The van der Waals surface area contributed by atoms with Crippen molar-refractivity contribution in [1.29, 1.82) is 0 Å². The SMILES string of the molecule is COc1cc2ccccc2cc1C(=O)N(C)Cc1ccc(C)cc1C. The van der Waals surface area contributed by atoms with Crippen molar-refractivity contribution in [1.82, 2.24) is 4.90 Å². The molecule has 0 N–H and O–H groups in total. The summed E-state index contributed by atoms with van der Waals surface area (Å²) >= 11 is 0. The van der Waals surface area contributed by atoms with Crippen LogP contribution < -0.4 is 4.74 Å². The average molecular weight is 333 g/mol. The van der Waals surface area contributed by atoms with Crippen LogP contribution in [0.4, 0.5) is 0 Å². The van der Waals surface area contributed by atoms with Gasteiger partial charge in [-0.15, -0.1) is 0 Å². The summed E-state index contributed by atoms with van der Waals surface area (Å²) in [6.45, 7) is 4.73. The maximum absolute atomic E-state index is 13.0. The van der Waals surface area contributed by atoms with Crippen LogP contribution in [0.15, 0.2) is 54.6 Å². The van der Waals surface area contributed by atoms with Crippen LogP contribution in [0.3, 0.4) is 0 Å². The highest BCUT2D eigenvalue weighted by molar-refractivity contribution is 6.01. The topological polar surface area (TPSA) is 29.5 Å². The molecule has 25 heavy (non-hydrogen) atoms. The van der Waals surface area contributed by atoms with E-state index in [1.54, 1.807) is 12.0 Å². The minimum atomic E-state index is -0.0393. The third-order valence-electron chi connectivity index (χ3n) is 4.55. The number of ether oxygens (including phenoxy) is 1.